The number of ketones is 2. The number of carbonyl (C=O) groups is 4. The lowest BCUT2D eigenvalue weighted by Gasteiger charge is -2.36. The van der Waals surface area contributed by atoms with Gasteiger partial charge in [-0.05, 0) is 95.5 Å². The molecule has 11 heteroatoms. The van der Waals surface area contributed by atoms with E-state index in [9.17, 15) is 24.3 Å². The van der Waals surface area contributed by atoms with E-state index in [-0.39, 0.29) is 40.0 Å². The number of para-hydroxylation sites is 4. The van der Waals surface area contributed by atoms with Crippen molar-refractivity contribution in [2.45, 2.75) is 85.9 Å². The molecule has 63 heavy (non-hydrogen) atoms. The van der Waals surface area contributed by atoms with Crippen molar-refractivity contribution in [2.24, 2.45) is 10.8 Å². The Morgan fingerprint density at radius 1 is 0.635 bits per heavy atom. The first-order valence-corrected chi connectivity index (χ1v) is 21.3. The van der Waals surface area contributed by atoms with E-state index in [1.54, 1.807) is 47.2 Å². The number of Topliss-reactive ketones (excluding diaryl/α,β-unsaturated/α-hetero) is 2. The van der Waals surface area contributed by atoms with Gasteiger partial charge in [0.05, 0.1) is 40.5 Å². The second kappa shape index (κ2) is 17.0. The van der Waals surface area contributed by atoms with Crippen LogP contribution in [-0.2, 0) is 25.8 Å². The zero-order chi connectivity index (χ0) is 44.6. The molecule has 2 unspecified atom stereocenters. The molecule has 4 aromatic carbocycles. The van der Waals surface area contributed by atoms with E-state index in [1.165, 1.54) is 6.92 Å². The number of fused-ring (bicyclic) bond motifs is 2. The molecule has 0 bridgehead atoms. The first kappa shape index (κ1) is 42.7. The molecule has 2 amide bonds. The van der Waals surface area contributed by atoms with Crippen molar-refractivity contribution in [3.63, 3.8) is 0 Å². The predicted molar refractivity (Wildman–Crippen MR) is 245 cm³/mol. The summed E-state index contributed by atoms with van der Waals surface area (Å²) in [6.07, 6.45) is 4.07. The predicted octanol–water partition coefficient (Wildman–Crippen LogP) is 10.4. The quantitative estimate of drug-likeness (QED) is 0.158. The zero-order valence-electron chi connectivity index (χ0n) is 36.6. The van der Waals surface area contributed by atoms with Crippen LogP contribution in [0.3, 0.4) is 0 Å². The number of nitrogens with zero attached hydrogens (tertiary/aromatic N) is 3. The number of pyridine rings is 1. The number of aromatic hydroxyl groups is 1. The SMILES string of the molecule is CC(=O)N1c2ccccc2NC2=C(C(=O)CC(C)(C)C2)C1c1ccc(O)cc1.CC(=O)N1c2ccccc2NC2=C(C(=O)CC(C)(C)C2)C1c1ccc(OCc2ccccn2)cc1. The fraction of sp³-hybridized carbons (Fsp3) is 0.288. The maximum Gasteiger partial charge on any atom is 0.224 e. The van der Waals surface area contributed by atoms with Crippen molar-refractivity contribution in [3.05, 3.63) is 161 Å². The minimum atomic E-state index is -0.534. The summed E-state index contributed by atoms with van der Waals surface area (Å²) < 4.78 is 5.91. The maximum atomic E-state index is 13.6. The molecule has 0 saturated carbocycles. The minimum Gasteiger partial charge on any atom is -0.508 e. The van der Waals surface area contributed by atoms with Gasteiger partial charge in [-0.2, -0.15) is 0 Å². The molecule has 3 heterocycles. The van der Waals surface area contributed by atoms with Crippen molar-refractivity contribution < 1.29 is 29.0 Å². The summed E-state index contributed by atoms with van der Waals surface area (Å²) in [5.41, 5.74) is 8.42. The van der Waals surface area contributed by atoms with Crippen LogP contribution in [0.25, 0.3) is 0 Å². The fourth-order valence-corrected chi connectivity index (χ4v) is 9.35. The average molecular weight is 844 g/mol. The van der Waals surface area contributed by atoms with Crippen molar-refractivity contribution in [2.75, 3.05) is 20.4 Å². The summed E-state index contributed by atoms with van der Waals surface area (Å²) in [5.74, 6) is 0.714. The fourth-order valence-electron chi connectivity index (χ4n) is 9.35. The van der Waals surface area contributed by atoms with Crippen LogP contribution in [0, 0.1) is 10.8 Å². The van der Waals surface area contributed by atoms with Gasteiger partial charge in [0.1, 0.15) is 18.1 Å². The van der Waals surface area contributed by atoms with Gasteiger partial charge in [0.25, 0.3) is 0 Å². The highest BCUT2D eigenvalue weighted by Crippen LogP contribution is 2.50. The Balaban J connectivity index is 0.000000177. The molecule has 5 aromatic rings. The third kappa shape index (κ3) is 8.86. The van der Waals surface area contributed by atoms with Crippen molar-refractivity contribution in [1.82, 2.24) is 4.98 Å². The normalized spacial score (nSPS) is 19.7. The number of aromatic nitrogens is 1. The molecule has 11 nitrogen and oxygen atoms in total. The van der Waals surface area contributed by atoms with Gasteiger partial charge in [0, 0.05) is 55.4 Å². The van der Waals surface area contributed by atoms with Gasteiger partial charge >= 0.3 is 0 Å². The average Bonchev–Trinajstić information content (AvgIpc) is 3.47. The first-order chi connectivity index (χ1) is 30.1. The Morgan fingerprint density at radius 3 is 1.52 bits per heavy atom. The standard InChI is InChI=1S/C29H29N3O3.C23H24N2O3/c1-19(33)32-25-10-5-4-9-23(25)31-24-16-29(2,3)17-26(34)27(24)28(32)20-11-13-22(14-12-20)35-18-21-8-6-7-15-30-21;1-14(26)25-19-7-5-4-6-17(19)24-18-12-23(2,3)13-20(28)21(18)22(25)15-8-10-16(27)11-9-15/h4-15,28,31H,16-18H2,1-3H3;4-11,22,24,27H,12-13H2,1-3H3. The number of allylic oxidation sites excluding steroid dienone is 2. The van der Waals surface area contributed by atoms with Crippen LogP contribution in [0.5, 0.6) is 11.5 Å². The molecule has 0 fully saturated rings. The number of hydrogen-bond acceptors (Lipinski definition) is 9. The van der Waals surface area contributed by atoms with Crippen molar-refractivity contribution >= 4 is 46.1 Å². The van der Waals surface area contributed by atoms with Crippen LogP contribution >= 0.6 is 0 Å². The van der Waals surface area contributed by atoms with Gasteiger partial charge in [0.15, 0.2) is 11.6 Å². The van der Waals surface area contributed by atoms with E-state index in [1.807, 2.05) is 91.0 Å². The van der Waals surface area contributed by atoms with Crippen LogP contribution in [0.4, 0.5) is 22.7 Å². The Bertz CT molecular complexity index is 2650. The van der Waals surface area contributed by atoms with Gasteiger partial charge in [0.2, 0.25) is 11.8 Å². The molecule has 0 spiro atoms. The zero-order valence-corrected chi connectivity index (χ0v) is 36.6. The van der Waals surface area contributed by atoms with E-state index in [2.05, 4.69) is 43.3 Å². The molecule has 2 atom stereocenters. The van der Waals surface area contributed by atoms with Crippen LogP contribution in [0.15, 0.2) is 144 Å². The Hall–Kier alpha value is -7.01. The molecule has 0 radical (unpaired) electrons. The number of carbonyl (C=O) groups excluding carboxylic acids is 4. The number of rotatable bonds is 5. The van der Waals surface area contributed by atoms with Crippen molar-refractivity contribution in [1.29, 1.82) is 0 Å². The summed E-state index contributed by atoms with van der Waals surface area (Å²) in [7, 11) is 0. The second-order valence-electron chi connectivity index (χ2n) is 18.3. The highest BCUT2D eigenvalue weighted by Gasteiger charge is 2.44. The number of phenols is 1. The Labute approximate surface area is 368 Å². The smallest absolute Gasteiger partial charge is 0.224 e. The first-order valence-electron chi connectivity index (χ1n) is 21.3. The summed E-state index contributed by atoms with van der Waals surface area (Å²) in [6, 6.07) is 34.4. The highest BCUT2D eigenvalue weighted by molar-refractivity contribution is 6.07. The number of amides is 2. The number of hydrogen-bond donors (Lipinski definition) is 3. The monoisotopic (exact) mass is 843 g/mol. The molecular formula is C52H53N5O6. The van der Waals surface area contributed by atoms with E-state index in [0.29, 0.717) is 36.3 Å². The van der Waals surface area contributed by atoms with Crippen LogP contribution in [-0.4, -0.2) is 33.5 Å². The Kier molecular flexibility index (Phi) is 11.5. The largest absolute Gasteiger partial charge is 0.508 e. The van der Waals surface area contributed by atoms with E-state index in [0.717, 1.165) is 63.8 Å². The number of phenolic OH excluding ortho intramolecular Hbond substituents is 1. The minimum absolute atomic E-state index is 0.0517. The van der Waals surface area contributed by atoms with Crippen LogP contribution in [0.1, 0.15) is 96.1 Å². The summed E-state index contributed by atoms with van der Waals surface area (Å²) in [5, 5.41) is 16.7. The highest BCUT2D eigenvalue weighted by atomic mass is 16.5. The number of benzene rings is 4. The van der Waals surface area contributed by atoms with Gasteiger partial charge < -0.3 is 20.5 Å². The summed E-state index contributed by atoms with van der Waals surface area (Å²) in [4.78, 5) is 60.4. The molecular weight excluding hydrogens is 791 g/mol. The van der Waals surface area contributed by atoms with Crippen molar-refractivity contribution in [3.8, 4) is 11.5 Å². The van der Waals surface area contributed by atoms with Gasteiger partial charge in [-0.15, -0.1) is 0 Å². The number of nitrogens with one attached hydrogen (secondary N) is 2. The van der Waals surface area contributed by atoms with Gasteiger partial charge in [-0.3, -0.25) is 34.0 Å². The van der Waals surface area contributed by atoms with Gasteiger partial charge in [-0.1, -0.05) is 82.3 Å². The molecule has 9 rings (SSSR count). The third-order valence-electron chi connectivity index (χ3n) is 12.0. The molecule has 0 saturated heterocycles. The lowest BCUT2D eigenvalue weighted by atomic mass is 9.73. The molecule has 2 aliphatic carbocycles. The topological polar surface area (TPSA) is 141 Å². The molecule has 2 aliphatic heterocycles. The van der Waals surface area contributed by atoms with E-state index < -0.39 is 12.1 Å². The Morgan fingerprint density at radius 2 is 1.08 bits per heavy atom. The number of ether oxygens (including phenoxy) is 1. The van der Waals surface area contributed by atoms with E-state index >= 15 is 0 Å². The molecule has 1 aromatic heterocycles. The lowest BCUT2D eigenvalue weighted by Crippen LogP contribution is -2.38. The maximum absolute atomic E-state index is 13.6. The summed E-state index contributed by atoms with van der Waals surface area (Å²) in [6.45, 7) is 11.8. The van der Waals surface area contributed by atoms with Crippen LogP contribution < -0.4 is 25.2 Å². The second-order valence-corrected chi connectivity index (χ2v) is 18.3. The van der Waals surface area contributed by atoms with Crippen LogP contribution in [0.2, 0.25) is 0 Å². The lowest BCUT2D eigenvalue weighted by molar-refractivity contribution is -0.120. The third-order valence-corrected chi connectivity index (χ3v) is 12.0. The number of anilines is 4. The molecule has 322 valence electrons. The van der Waals surface area contributed by atoms with Gasteiger partial charge in [-0.25, -0.2) is 0 Å². The molecule has 3 N–H and O–H groups in total. The summed E-state index contributed by atoms with van der Waals surface area (Å²) >= 11 is 0. The van der Waals surface area contributed by atoms with E-state index in [4.69, 9.17) is 4.74 Å². The molecule has 4 aliphatic rings.